The second-order valence-corrected chi connectivity index (χ2v) is 6.95. The molecule has 7 nitrogen and oxygen atoms in total. The van der Waals surface area contributed by atoms with Crippen molar-refractivity contribution in [2.75, 3.05) is 26.1 Å². The van der Waals surface area contributed by atoms with E-state index in [1.54, 1.807) is 12.1 Å². The Balaban J connectivity index is 2.19. The van der Waals surface area contributed by atoms with Crippen molar-refractivity contribution in [1.82, 2.24) is 14.7 Å². The third-order valence-electron chi connectivity index (χ3n) is 3.12. The number of aromatic nitrogens is 2. The number of nitrogens with one attached hydrogen (secondary N) is 1. The van der Waals surface area contributed by atoms with E-state index in [0.29, 0.717) is 11.6 Å². The number of anilines is 1. The molecule has 0 spiro atoms. The van der Waals surface area contributed by atoms with Gasteiger partial charge < -0.3 is 9.64 Å². The summed E-state index contributed by atoms with van der Waals surface area (Å²) >= 11 is 0. The lowest BCUT2D eigenvalue weighted by atomic mass is 10.3. The summed E-state index contributed by atoms with van der Waals surface area (Å²) in [7, 11) is 1.56. The molecule has 1 aromatic heterocycles. The van der Waals surface area contributed by atoms with E-state index in [9.17, 15) is 8.42 Å². The van der Waals surface area contributed by atoms with Gasteiger partial charge in [0.1, 0.15) is 17.4 Å². The first-order valence-electron chi connectivity index (χ1n) is 6.97. The fourth-order valence-corrected chi connectivity index (χ4v) is 2.95. The maximum atomic E-state index is 12.3. The molecule has 0 atom stereocenters. The lowest BCUT2D eigenvalue weighted by Gasteiger charge is -2.13. The molecule has 0 fully saturated rings. The Bertz CT molecular complexity index is 791. The van der Waals surface area contributed by atoms with Crippen molar-refractivity contribution in [2.24, 2.45) is 0 Å². The van der Waals surface area contributed by atoms with Crippen LogP contribution in [0, 0.1) is 6.92 Å². The molecule has 2 aromatic rings. The Hall–Kier alpha value is -2.19. The van der Waals surface area contributed by atoms with Gasteiger partial charge in [-0.15, -0.1) is 0 Å². The van der Waals surface area contributed by atoms with Gasteiger partial charge in [0.15, 0.2) is 0 Å². The van der Waals surface area contributed by atoms with E-state index in [-0.39, 0.29) is 11.4 Å². The number of hydrogen-bond acceptors (Lipinski definition) is 6. The number of rotatable bonds is 6. The van der Waals surface area contributed by atoms with E-state index in [0.717, 1.165) is 11.5 Å². The largest absolute Gasteiger partial charge is 0.497 e. The van der Waals surface area contributed by atoms with Gasteiger partial charge in [0, 0.05) is 31.9 Å². The van der Waals surface area contributed by atoms with E-state index in [1.165, 1.54) is 19.2 Å². The predicted octanol–water partition coefficient (Wildman–Crippen LogP) is 1.34. The molecular formula is C15H20N4O3S. The minimum atomic E-state index is -3.66. The van der Waals surface area contributed by atoms with Gasteiger partial charge in [-0.05, 0) is 19.1 Å². The van der Waals surface area contributed by atoms with Gasteiger partial charge in [0.05, 0.1) is 18.6 Å². The van der Waals surface area contributed by atoms with Gasteiger partial charge in [0.2, 0.25) is 10.0 Å². The number of aryl methyl sites for hydroxylation is 1. The second-order valence-electron chi connectivity index (χ2n) is 5.18. The fourth-order valence-electron chi connectivity index (χ4n) is 1.93. The van der Waals surface area contributed by atoms with Crippen molar-refractivity contribution in [2.45, 2.75) is 18.4 Å². The molecule has 0 saturated carbocycles. The quantitative estimate of drug-likeness (QED) is 0.857. The maximum absolute atomic E-state index is 12.3. The van der Waals surface area contributed by atoms with Gasteiger partial charge in [-0.2, -0.15) is 0 Å². The van der Waals surface area contributed by atoms with Crippen LogP contribution in [0.15, 0.2) is 35.2 Å². The highest BCUT2D eigenvalue weighted by molar-refractivity contribution is 7.89. The molecule has 1 heterocycles. The molecule has 8 heteroatoms. The number of hydrogen-bond donors (Lipinski definition) is 1. The first-order chi connectivity index (χ1) is 10.8. The highest BCUT2D eigenvalue weighted by Crippen LogP contribution is 2.17. The van der Waals surface area contributed by atoms with E-state index >= 15 is 0 Å². The maximum Gasteiger partial charge on any atom is 0.241 e. The van der Waals surface area contributed by atoms with Crippen LogP contribution in [0.3, 0.4) is 0 Å². The van der Waals surface area contributed by atoms with Crippen LogP contribution in [0.5, 0.6) is 5.75 Å². The summed E-state index contributed by atoms with van der Waals surface area (Å²) in [6.45, 7) is 1.86. The number of benzene rings is 1. The Labute approximate surface area is 136 Å². The third kappa shape index (κ3) is 4.40. The van der Waals surface area contributed by atoms with Crippen LogP contribution >= 0.6 is 0 Å². The smallest absolute Gasteiger partial charge is 0.241 e. The van der Waals surface area contributed by atoms with E-state index in [2.05, 4.69) is 14.7 Å². The Kier molecular flexibility index (Phi) is 5.17. The van der Waals surface area contributed by atoms with Crippen LogP contribution in [0.1, 0.15) is 11.5 Å². The van der Waals surface area contributed by atoms with Crippen LogP contribution in [0.2, 0.25) is 0 Å². The monoisotopic (exact) mass is 336 g/mol. The average Bonchev–Trinajstić information content (AvgIpc) is 2.52. The second kappa shape index (κ2) is 6.93. The van der Waals surface area contributed by atoms with Crippen molar-refractivity contribution in [3.63, 3.8) is 0 Å². The molecule has 124 valence electrons. The Morgan fingerprint density at radius 2 is 1.96 bits per heavy atom. The highest BCUT2D eigenvalue weighted by atomic mass is 32.2. The van der Waals surface area contributed by atoms with E-state index in [4.69, 9.17) is 4.74 Å². The molecule has 0 amide bonds. The molecule has 23 heavy (non-hydrogen) atoms. The zero-order valence-corrected chi connectivity index (χ0v) is 14.4. The van der Waals surface area contributed by atoms with Crippen molar-refractivity contribution in [3.8, 4) is 5.75 Å². The van der Waals surface area contributed by atoms with Crippen LogP contribution in [0.4, 0.5) is 5.82 Å². The summed E-state index contributed by atoms with van der Waals surface area (Å²) in [6.07, 6.45) is 0. The van der Waals surface area contributed by atoms with Crippen molar-refractivity contribution in [1.29, 1.82) is 0 Å². The lowest BCUT2D eigenvalue weighted by molar-refractivity contribution is 0.413. The standard InChI is InChI=1S/C15H20N4O3S/c1-11-8-15(19(2)3)18-14(17-11)10-16-23(20,21)13-7-5-6-12(9-13)22-4/h5-9,16H,10H2,1-4H3. The SMILES string of the molecule is COc1cccc(S(=O)(=O)NCc2nc(C)cc(N(C)C)n2)c1. The normalized spacial score (nSPS) is 11.3. The summed E-state index contributed by atoms with van der Waals surface area (Å²) in [5.74, 6) is 1.63. The van der Waals surface area contributed by atoms with Gasteiger partial charge in [-0.1, -0.05) is 6.07 Å². The van der Waals surface area contributed by atoms with Gasteiger partial charge >= 0.3 is 0 Å². The van der Waals surface area contributed by atoms with Gasteiger partial charge in [-0.25, -0.2) is 23.1 Å². The van der Waals surface area contributed by atoms with E-state index < -0.39 is 10.0 Å². The topological polar surface area (TPSA) is 84.4 Å². The lowest BCUT2D eigenvalue weighted by Crippen LogP contribution is -2.25. The summed E-state index contributed by atoms with van der Waals surface area (Å²) in [6, 6.07) is 8.12. The Morgan fingerprint density at radius 1 is 1.22 bits per heavy atom. The van der Waals surface area contributed by atoms with Gasteiger partial charge in [-0.3, -0.25) is 0 Å². The average molecular weight is 336 g/mol. The molecule has 0 aliphatic carbocycles. The molecule has 0 radical (unpaired) electrons. The molecule has 0 unspecified atom stereocenters. The molecule has 1 aromatic carbocycles. The summed E-state index contributed by atoms with van der Waals surface area (Å²) < 4.78 is 32.2. The van der Waals surface area contributed by atoms with Gasteiger partial charge in [0.25, 0.3) is 0 Å². The van der Waals surface area contributed by atoms with E-state index in [1.807, 2.05) is 32.0 Å². The van der Waals surface area contributed by atoms with Crippen molar-refractivity contribution in [3.05, 3.63) is 41.9 Å². The van der Waals surface area contributed by atoms with Crippen LogP contribution in [-0.2, 0) is 16.6 Å². The Morgan fingerprint density at radius 3 is 2.61 bits per heavy atom. The number of sulfonamides is 1. The predicted molar refractivity (Wildman–Crippen MR) is 88.1 cm³/mol. The number of ether oxygens (including phenoxy) is 1. The number of methoxy groups -OCH3 is 1. The molecule has 0 saturated heterocycles. The summed E-state index contributed by atoms with van der Waals surface area (Å²) in [5, 5.41) is 0. The molecule has 0 aliphatic heterocycles. The summed E-state index contributed by atoms with van der Waals surface area (Å²) in [4.78, 5) is 10.6. The zero-order chi connectivity index (χ0) is 17.0. The number of nitrogens with zero attached hydrogens (tertiary/aromatic N) is 3. The minimum absolute atomic E-state index is 0.0159. The molecular weight excluding hydrogens is 316 g/mol. The first-order valence-corrected chi connectivity index (χ1v) is 8.46. The van der Waals surface area contributed by atoms with Crippen LogP contribution in [0.25, 0.3) is 0 Å². The molecule has 1 N–H and O–H groups in total. The minimum Gasteiger partial charge on any atom is -0.497 e. The molecule has 0 bridgehead atoms. The molecule has 2 rings (SSSR count). The summed E-state index contributed by atoms with van der Waals surface area (Å²) in [5.41, 5.74) is 0.777. The third-order valence-corrected chi connectivity index (χ3v) is 4.52. The molecule has 0 aliphatic rings. The van der Waals surface area contributed by atoms with Crippen LogP contribution in [-0.4, -0.2) is 39.6 Å². The fraction of sp³-hybridized carbons (Fsp3) is 0.333. The zero-order valence-electron chi connectivity index (χ0n) is 13.6. The highest BCUT2D eigenvalue weighted by Gasteiger charge is 2.15. The first kappa shape index (κ1) is 17.2. The van der Waals surface area contributed by atoms with Crippen LogP contribution < -0.4 is 14.4 Å². The van der Waals surface area contributed by atoms with Crippen molar-refractivity contribution < 1.29 is 13.2 Å². The van der Waals surface area contributed by atoms with Crippen molar-refractivity contribution >= 4 is 15.8 Å².